The second-order valence-electron chi connectivity index (χ2n) is 4.21. The molecule has 0 saturated heterocycles. The molecule has 0 aromatic carbocycles. The Kier molecular flexibility index (Phi) is 7.17. The number of hydrogen-bond donors (Lipinski definition) is 2. The zero-order valence-electron chi connectivity index (χ0n) is 12.6. The molecule has 1 rings (SSSR count). The van der Waals surface area contributed by atoms with E-state index in [2.05, 4.69) is 35.0 Å². The highest BCUT2D eigenvalue weighted by Crippen LogP contribution is 2.16. The lowest BCUT2D eigenvalue weighted by molar-refractivity contribution is -0.142. The molecule has 1 aromatic rings. The summed E-state index contributed by atoms with van der Waals surface area (Å²) < 4.78 is 13.2. The first-order chi connectivity index (χ1) is 11.0. The molecule has 0 fully saturated rings. The van der Waals surface area contributed by atoms with E-state index in [1.165, 1.54) is 14.2 Å². The Morgan fingerprint density at radius 1 is 0.826 bits per heavy atom. The number of esters is 2. The maximum absolute atomic E-state index is 11.6. The van der Waals surface area contributed by atoms with Gasteiger partial charge in [-0.2, -0.15) is 0 Å². The molecule has 1 aromatic heterocycles. The van der Waals surface area contributed by atoms with Gasteiger partial charge in [-0.25, -0.2) is 4.63 Å². The summed E-state index contributed by atoms with van der Waals surface area (Å²) in [6, 6.07) is 0. The van der Waals surface area contributed by atoms with Crippen LogP contribution >= 0.6 is 0 Å². The first-order valence-electron chi connectivity index (χ1n) is 6.52. The van der Waals surface area contributed by atoms with E-state index in [0.29, 0.717) is 0 Å². The highest BCUT2D eigenvalue weighted by Gasteiger charge is 2.17. The molecule has 0 radical (unpaired) electrons. The quantitative estimate of drug-likeness (QED) is 0.621. The van der Waals surface area contributed by atoms with Crippen molar-refractivity contribution in [3.63, 3.8) is 0 Å². The molecule has 0 aliphatic rings. The van der Waals surface area contributed by atoms with Crippen LogP contribution in [0.2, 0.25) is 0 Å². The van der Waals surface area contributed by atoms with Crippen LogP contribution in [0.3, 0.4) is 0 Å². The molecule has 0 aliphatic carbocycles. The third-order valence-corrected chi connectivity index (χ3v) is 2.57. The van der Waals surface area contributed by atoms with Gasteiger partial charge in [0.1, 0.15) is 0 Å². The predicted molar refractivity (Wildman–Crippen MR) is 74.1 cm³/mol. The molecular formula is C12H16N4O7. The van der Waals surface area contributed by atoms with Gasteiger partial charge in [0.15, 0.2) is 0 Å². The van der Waals surface area contributed by atoms with Crippen LogP contribution in [0.25, 0.3) is 0 Å². The molecule has 0 atom stereocenters. The fraction of sp³-hybridized carbons (Fsp3) is 0.500. The van der Waals surface area contributed by atoms with Crippen molar-refractivity contribution in [1.29, 1.82) is 0 Å². The van der Waals surface area contributed by atoms with Crippen LogP contribution in [-0.4, -0.2) is 48.3 Å². The second kappa shape index (κ2) is 9.12. The van der Waals surface area contributed by atoms with Gasteiger partial charge in [0.2, 0.25) is 23.5 Å². The first kappa shape index (κ1) is 18.1. The molecule has 0 unspecified atom stereocenters. The molecular weight excluding hydrogens is 312 g/mol. The van der Waals surface area contributed by atoms with Crippen LogP contribution in [0.1, 0.15) is 25.7 Å². The number of rotatable bonds is 8. The zero-order chi connectivity index (χ0) is 17.2. The molecule has 2 amide bonds. The van der Waals surface area contributed by atoms with E-state index in [9.17, 15) is 19.2 Å². The van der Waals surface area contributed by atoms with E-state index in [-0.39, 0.29) is 37.3 Å². The standard InChI is InChI=1S/C12H16N4O7/c1-21-9(19)5-3-7(17)13-11-12(16-23-15-11)14-8(18)4-6-10(20)22-2/h3-6H2,1-2H3,(H,13,15,17)(H,14,16,18). The number of ether oxygens (including phenoxy) is 2. The Hall–Kier alpha value is -2.98. The lowest BCUT2D eigenvalue weighted by Gasteiger charge is -2.04. The van der Waals surface area contributed by atoms with Gasteiger partial charge in [0, 0.05) is 12.8 Å². The van der Waals surface area contributed by atoms with Crippen LogP contribution in [0.5, 0.6) is 0 Å². The van der Waals surface area contributed by atoms with Gasteiger partial charge >= 0.3 is 11.9 Å². The smallest absolute Gasteiger partial charge is 0.306 e. The maximum Gasteiger partial charge on any atom is 0.306 e. The minimum absolute atomic E-state index is 0.103. The number of hydrogen-bond acceptors (Lipinski definition) is 9. The maximum atomic E-state index is 11.6. The molecule has 23 heavy (non-hydrogen) atoms. The molecule has 0 bridgehead atoms. The third-order valence-electron chi connectivity index (χ3n) is 2.57. The first-order valence-corrected chi connectivity index (χ1v) is 6.52. The highest BCUT2D eigenvalue weighted by molar-refractivity contribution is 5.98. The molecule has 0 spiro atoms. The number of aromatic nitrogens is 2. The van der Waals surface area contributed by atoms with Crippen LogP contribution in [0, 0.1) is 0 Å². The summed E-state index contributed by atoms with van der Waals surface area (Å²) in [6.07, 6.45) is -0.465. The van der Waals surface area contributed by atoms with Crippen molar-refractivity contribution in [3.05, 3.63) is 0 Å². The van der Waals surface area contributed by atoms with Crippen LogP contribution < -0.4 is 10.6 Å². The van der Waals surface area contributed by atoms with Crippen LogP contribution in [0.4, 0.5) is 11.6 Å². The number of carbonyl (C=O) groups excluding carboxylic acids is 4. The number of nitrogens with zero attached hydrogens (tertiary/aromatic N) is 2. The number of amides is 2. The minimum Gasteiger partial charge on any atom is -0.469 e. The molecule has 11 heteroatoms. The Morgan fingerprint density at radius 3 is 1.57 bits per heavy atom. The van der Waals surface area contributed by atoms with Crippen molar-refractivity contribution in [2.75, 3.05) is 24.9 Å². The summed E-state index contributed by atoms with van der Waals surface area (Å²) in [4.78, 5) is 45.1. The van der Waals surface area contributed by atoms with Gasteiger partial charge in [-0.1, -0.05) is 0 Å². The van der Waals surface area contributed by atoms with Crippen molar-refractivity contribution in [2.24, 2.45) is 0 Å². The SMILES string of the molecule is COC(=O)CCC(=O)Nc1nonc1NC(=O)CCC(=O)OC. The summed E-state index contributed by atoms with van der Waals surface area (Å²) in [5, 5.41) is 11.5. The molecule has 0 aliphatic heterocycles. The average molecular weight is 328 g/mol. The monoisotopic (exact) mass is 328 g/mol. The van der Waals surface area contributed by atoms with E-state index in [1.807, 2.05) is 0 Å². The Labute approximate surface area is 130 Å². The second-order valence-corrected chi connectivity index (χ2v) is 4.21. The van der Waals surface area contributed by atoms with Gasteiger partial charge in [-0.05, 0) is 10.3 Å². The lowest BCUT2D eigenvalue weighted by atomic mass is 10.3. The van der Waals surface area contributed by atoms with Gasteiger partial charge in [0.05, 0.1) is 27.1 Å². The zero-order valence-corrected chi connectivity index (χ0v) is 12.6. The van der Waals surface area contributed by atoms with E-state index in [1.54, 1.807) is 0 Å². The lowest BCUT2D eigenvalue weighted by Crippen LogP contribution is -2.18. The summed E-state index contributed by atoms with van der Waals surface area (Å²) in [6.45, 7) is 0. The normalized spacial score (nSPS) is 9.83. The third kappa shape index (κ3) is 6.54. The van der Waals surface area contributed by atoms with E-state index < -0.39 is 23.8 Å². The summed E-state index contributed by atoms with van der Waals surface area (Å²) >= 11 is 0. The number of methoxy groups -OCH3 is 2. The largest absolute Gasteiger partial charge is 0.469 e. The number of carbonyl (C=O) groups is 4. The Balaban J connectivity index is 2.49. The summed E-state index contributed by atoms with van der Waals surface area (Å²) in [5.74, 6) is -2.34. The van der Waals surface area contributed by atoms with Crippen LogP contribution in [-0.2, 0) is 28.7 Å². The Morgan fingerprint density at radius 2 is 1.22 bits per heavy atom. The fourth-order valence-electron chi connectivity index (χ4n) is 1.38. The van der Waals surface area contributed by atoms with Crippen molar-refractivity contribution < 1.29 is 33.3 Å². The van der Waals surface area contributed by atoms with E-state index >= 15 is 0 Å². The van der Waals surface area contributed by atoms with Gasteiger partial charge in [-0.3, -0.25) is 19.2 Å². The van der Waals surface area contributed by atoms with E-state index in [0.717, 1.165) is 0 Å². The van der Waals surface area contributed by atoms with E-state index in [4.69, 9.17) is 0 Å². The van der Waals surface area contributed by atoms with Crippen molar-refractivity contribution in [1.82, 2.24) is 10.3 Å². The molecule has 2 N–H and O–H groups in total. The van der Waals surface area contributed by atoms with Crippen molar-refractivity contribution >= 4 is 35.4 Å². The topological polar surface area (TPSA) is 150 Å². The Bertz CT molecular complexity index is 535. The predicted octanol–water partition coefficient (Wildman–Crippen LogP) is -0.147. The summed E-state index contributed by atoms with van der Waals surface area (Å²) in [7, 11) is 2.42. The molecule has 0 saturated carbocycles. The van der Waals surface area contributed by atoms with Crippen molar-refractivity contribution in [2.45, 2.75) is 25.7 Å². The summed E-state index contributed by atoms with van der Waals surface area (Å²) in [5.41, 5.74) is 0. The van der Waals surface area contributed by atoms with Gasteiger partial charge < -0.3 is 20.1 Å². The highest BCUT2D eigenvalue weighted by atomic mass is 16.6. The van der Waals surface area contributed by atoms with Crippen LogP contribution in [0.15, 0.2) is 4.63 Å². The average Bonchev–Trinajstić information content (AvgIpc) is 2.96. The molecule has 1 heterocycles. The minimum atomic E-state index is -0.533. The fourth-order valence-corrected chi connectivity index (χ4v) is 1.38. The van der Waals surface area contributed by atoms with Gasteiger partial charge in [-0.15, -0.1) is 0 Å². The van der Waals surface area contributed by atoms with Gasteiger partial charge in [0.25, 0.3) is 0 Å². The molecule has 11 nitrogen and oxygen atoms in total. The number of anilines is 2. The number of nitrogens with one attached hydrogen (secondary N) is 2. The molecule has 126 valence electrons. The van der Waals surface area contributed by atoms with Crippen molar-refractivity contribution in [3.8, 4) is 0 Å².